The predicted molar refractivity (Wildman–Crippen MR) is 99.5 cm³/mol. The number of aliphatic carboxylic acids is 1. The van der Waals surface area contributed by atoms with Crippen molar-refractivity contribution in [2.45, 2.75) is 40.2 Å². The Labute approximate surface area is 154 Å². The van der Waals surface area contributed by atoms with Crippen LogP contribution in [0, 0.1) is 11.3 Å². The van der Waals surface area contributed by atoms with E-state index >= 15 is 0 Å². The van der Waals surface area contributed by atoms with Gasteiger partial charge in [-0.25, -0.2) is 4.98 Å². The van der Waals surface area contributed by atoms with Crippen molar-refractivity contribution in [3.05, 3.63) is 43.0 Å². The molecule has 1 aromatic heterocycles. The van der Waals surface area contributed by atoms with Crippen LogP contribution >= 0.6 is 0 Å². The number of benzene rings is 1. The Balaban J connectivity index is 1.67. The zero-order chi connectivity index (χ0) is 19.0. The monoisotopic (exact) mass is 360 g/mol. The molecular weight excluding hydrogens is 332 g/mol. The second-order valence-electron chi connectivity index (χ2n) is 7.04. The summed E-state index contributed by atoms with van der Waals surface area (Å²) in [5.41, 5.74) is -0.752. The summed E-state index contributed by atoms with van der Waals surface area (Å²) < 4.78 is 13.5. The molecule has 0 amide bonds. The summed E-state index contributed by atoms with van der Waals surface area (Å²) in [5, 5.41) is 9.24. The summed E-state index contributed by atoms with van der Waals surface area (Å²) in [7, 11) is 0. The van der Waals surface area contributed by atoms with Crippen molar-refractivity contribution in [1.29, 1.82) is 0 Å². The first-order valence-corrected chi connectivity index (χ1v) is 8.94. The van der Waals surface area contributed by atoms with E-state index in [0.717, 1.165) is 24.5 Å². The number of carboxylic acids is 1. The topological polar surface area (TPSA) is 73.6 Å². The highest BCUT2D eigenvalue weighted by molar-refractivity contribution is 5.73. The van der Waals surface area contributed by atoms with Crippen LogP contribution in [0.5, 0.6) is 11.5 Å². The standard InChI is InChI=1S/C20H28N2O4/c1-16(20(2,3)19(23)24)9-14-26-18-7-5-17(6-8-18)25-13-4-11-22-12-10-21-15-22/h5-8,10,12,15-16H,4,9,11,13-14H2,1-3H3,(H,23,24). The van der Waals surface area contributed by atoms with E-state index in [1.165, 1.54) is 0 Å². The van der Waals surface area contributed by atoms with Gasteiger partial charge < -0.3 is 19.1 Å². The Bertz CT molecular complexity index is 666. The van der Waals surface area contributed by atoms with Crippen LogP contribution in [0.2, 0.25) is 0 Å². The van der Waals surface area contributed by atoms with Gasteiger partial charge in [0.2, 0.25) is 0 Å². The fourth-order valence-corrected chi connectivity index (χ4v) is 2.41. The number of hydrogen-bond donors (Lipinski definition) is 1. The Morgan fingerprint density at radius 3 is 2.35 bits per heavy atom. The molecule has 1 N–H and O–H groups in total. The number of imidazole rings is 1. The first-order chi connectivity index (χ1) is 12.4. The fraction of sp³-hybridized carbons (Fsp3) is 0.500. The third-order valence-corrected chi connectivity index (χ3v) is 4.82. The van der Waals surface area contributed by atoms with E-state index in [2.05, 4.69) is 4.98 Å². The molecule has 0 fully saturated rings. The van der Waals surface area contributed by atoms with Crippen LogP contribution in [0.4, 0.5) is 0 Å². The van der Waals surface area contributed by atoms with E-state index in [9.17, 15) is 9.90 Å². The van der Waals surface area contributed by atoms with E-state index in [0.29, 0.717) is 19.6 Å². The van der Waals surface area contributed by atoms with Gasteiger partial charge in [-0.05, 0) is 56.9 Å². The summed E-state index contributed by atoms with van der Waals surface area (Å²) in [6.45, 7) is 7.45. The smallest absolute Gasteiger partial charge is 0.309 e. The van der Waals surface area contributed by atoms with E-state index in [-0.39, 0.29) is 5.92 Å². The number of nitrogens with zero attached hydrogens (tertiary/aromatic N) is 2. The lowest BCUT2D eigenvalue weighted by Gasteiger charge is -2.27. The number of aromatic nitrogens is 2. The lowest BCUT2D eigenvalue weighted by atomic mass is 9.78. The number of hydrogen-bond acceptors (Lipinski definition) is 4. The van der Waals surface area contributed by atoms with Crippen molar-refractivity contribution >= 4 is 5.97 Å². The molecule has 0 aliphatic heterocycles. The lowest BCUT2D eigenvalue weighted by Crippen LogP contribution is -2.32. The van der Waals surface area contributed by atoms with Crippen molar-refractivity contribution in [3.63, 3.8) is 0 Å². The minimum atomic E-state index is -0.778. The minimum absolute atomic E-state index is 0.0260. The van der Waals surface area contributed by atoms with Crippen LogP contribution in [0.15, 0.2) is 43.0 Å². The van der Waals surface area contributed by atoms with Crippen molar-refractivity contribution < 1.29 is 19.4 Å². The molecule has 6 nitrogen and oxygen atoms in total. The number of carbonyl (C=O) groups is 1. The van der Waals surface area contributed by atoms with Crippen LogP contribution in [0.25, 0.3) is 0 Å². The van der Waals surface area contributed by atoms with Gasteiger partial charge in [0.25, 0.3) is 0 Å². The van der Waals surface area contributed by atoms with Gasteiger partial charge in [0.1, 0.15) is 11.5 Å². The second-order valence-corrected chi connectivity index (χ2v) is 7.04. The first kappa shape index (κ1) is 19.8. The van der Waals surface area contributed by atoms with Crippen LogP contribution < -0.4 is 9.47 Å². The van der Waals surface area contributed by atoms with Crippen molar-refractivity contribution in [1.82, 2.24) is 9.55 Å². The van der Waals surface area contributed by atoms with E-state index in [1.54, 1.807) is 26.4 Å². The molecule has 0 radical (unpaired) electrons. The highest BCUT2D eigenvalue weighted by Crippen LogP contribution is 2.29. The molecule has 0 aliphatic carbocycles. The molecule has 0 saturated carbocycles. The van der Waals surface area contributed by atoms with E-state index in [4.69, 9.17) is 9.47 Å². The normalized spacial score (nSPS) is 12.6. The van der Waals surface area contributed by atoms with Gasteiger partial charge >= 0.3 is 5.97 Å². The average molecular weight is 360 g/mol. The molecule has 6 heteroatoms. The zero-order valence-corrected chi connectivity index (χ0v) is 15.7. The molecule has 26 heavy (non-hydrogen) atoms. The summed E-state index contributed by atoms with van der Waals surface area (Å²) in [5.74, 6) is 0.817. The number of ether oxygens (including phenoxy) is 2. The Morgan fingerprint density at radius 2 is 1.81 bits per heavy atom. The van der Waals surface area contributed by atoms with E-state index in [1.807, 2.05) is 42.0 Å². The molecule has 0 aliphatic rings. The predicted octanol–water partition coefficient (Wildman–Crippen LogP) is 3.87. The zero-order valence-electron chi connectivity index (χ0n) is 15.7. The molecule has 1 atom stereocenters. The molecule has 0 saturated heterocycles. The summed E-state index contributed by atoms with van der Waals surface area (Å²) >= 11 is 0. The summed E-state index contributed by atoms with van der Waals surface area (Å²) in [4.78, 5) is 15.3. The molecular formula is C20H28N2O4. The molecule has 1 unspecified atom stereocenters. The van der Waals surface area contributed by atoms with Crippen LogP contribution in [0.1, 0.15) is 33.6 Å². The maximum Gasteiger partial charge on any atom is 0.309 e. The molecule has 2 aromatic rings. The maximum atomic E-state index is 11.2. The Morgan fingerprint density at radius 1 is 1.19 bits per heavy atom. The largest absolute Gasteiger partial charge is 0.494 e. The second kappa shape index (κ2) is 9.27. The third-order valence-electron chi connectivity index (χ3n) is 4.82. The quantitative estimate of drug-likeness (QED) is 0.616. The number of aryl methyl sites for hydroxylation is 1. The van der Waals surface area contributed by atoms with Gasteiger partial charge in [0.05, 0.1) is 25.0 Å². The van der Waals surface area contributed by atoms with Crippen molar-refractivity contribution in [2.24, 2.45) is 11.3 Å². The first-order valence-electron chi connectivity index (χ1n) is 8.94. The van der Waals surface area contributed by atoms with Gasteiger partial charge in [-0.3, -0.25) is 4.79 Å². The van der Waals surface area contributed by atoms with Gasteiger partial charge in [0, 0.05) is 18.9 Å². The Hall–Kier alpha value is -2.50. The summed E-state index contributed by atoms with van der Waals surface area (Å²) in [6, 6.07) is 7.52. The summed E-state index contributed by atoms with van der Waals surface area (Å²) in [6.07, 6.45) is 7.09. The van der Waals surface area contributed by atoms with Gasteiger partial charge in [-0.2, -0.15) is 0 Å². The number of carboxylic acid groups (broad SMARTS) is 1. The van der Waals surface area contributed by atoms with Crippen LogP contribution in [-0.4, -0.2) is 33.8 Å². The Kier molecular flexibility index (Phi) is 7.06. The van der Waals surface area contributed by atoms with E-state index < -0.39 is 11.4 Å². The average Bonchev–Trinajstić information content (AvgIpc) is 3.13. The SMILES string of the molecule is CC(CCOc1ccc(OCCCn2ccnc2)cc1)C(C)(C)C(=O)O. The van der Waals surface area contributed by atoms with Crippen molar-refractivity contribution in [2.75, 3.05) is 13.2 Å². The van der Waals surface area contributed by atoms with Crippen molar-refractivity contribution in [3.8, 4) is 11.5 Å². The number of rotatable bonds is 11. The molecule has 0 spiro atoms. The van der Waals surface area contributed by atoms with Crippen LogP contribution in [-0.2, 0) is 11.3 Å². The minimum Gasteiger partial charge on any atom is -0.494 e. The van der Waals surface area contributed by atoms with Crippen LogP contribution in [0.3, 0.4) is 0 Å². The third kappa shape index (κ3) is 5.79. The molecule has 0 bridgehead atoms. The van der Waals surface area contributed by atoms with Gasteiger partial charge in [-0.1, -0.05) is 6.92 Å². The molecule has 2 rings (SSSR count). The molecule has 1 heterocycles. The molecule has 1 aromatic carbocycles. The molecule has 142 valence electrons. The highest BCUT2D eigenvalue weighted by Gasteiger charge is 2.33. The van der Waals surface area contributed by atoms with Gasteiger partial charge in [0.15, 0.2) is 0 Å². The van der Waals surface area contributed by atoms with Gasteiger partial charge in [-0.15, -0.1) is 0 Å². The maximum absolute atomic E-state index is 11.2. The lowest BCUT2D eigenvalue weighted by molar-refractivity contribution is -0.150. The highest BCUT2D eigenvalue weighted by atomic mass is 16.5. The fourth-order valence-electron chi connectivity index (χ4n) is 2.41.